The molecule has 0 spiro atoms. The van der Waals surface area contributed by atoms with Crippen LogP contribution in [0.25, 0.3) is 11.1 Å². The predicted molar refractivity (Wildman–Crippen MR) is 131 cm³/mol. The van der Waals surface area contributed by atoms with Gasteiger partial charge in [-0.1, -0.05) is 48.5 Å². The highest BCUT2D eigenvalue weighted by atomic mass is 32.2. The summed E-state index contributed by atoms with van der Waals surface area (Å²) in [6.07, 6.45) is 0.647. The van der Waals surface area contributed by atoms with Gasteiger partial charge in [-0.05, 0) is 47.6 Å². The maximum atomic E-state index is 12.8. The van der Waals surface area contributed by atoms with Crippen LogP contribution in [0, 0.1) is 0 Å². The fourth-order valence-corrected chi connectivity index (χ4v) is 4.53. The second kappa shape index (κ2) is 11.9. The zero-order valence-electron chi connectivity index (χ0n) is 19.4. The van der Waals surface area contributed by atoms with Gasteiger partial charge in [0.05, 0.1) is 6.10 Å². The van der Waals surface area contributed by atoms with Gasteiger partial charge in [-0.15, -0.1) is 0 Å². The Hall–Kier alpha value is -3.04. The van der Waals surface area contributed by atoms with Crippen molar-refractivity contribution in [3.8, 4) is 11.1 Å². The summed E-state index contributed by atoms with van der Waals surface area (Å²) < 4.78 is 10.8. The molecule has 9 heteroatoms. The van der Waals surface area contributed by atoms with Crippen molar-refractivity contribution in [3.63, 3.8) is 0 Å². The lowest BCUT2D eigenvalue weighted by Crippen LogP contribution is -2.56. The molecular weight excluding hydrogens is 456 g/mol. The number of ether oxygens (including phenoxy) is 2. The molecule has 3 N–H and O–H groups in total. The van der Waals surface area contributed by atoms with Crippen molar-refractivity contribution >= 4 is 29.7 Å². The van der Waals surface area contributed by atoms with E-state index in [1.165, 1.54) is 18.9 Å². The minimum Gasteiger partial charge on any atom is -0.480 e. The first-order chi connectivity index (χ1) is 16.4. The molecule has 0 aliphatic heterocycles. The largest absolute Gasteiger partial charge is 0.480 e. The summed E-state index contributed by atoms with van der Waals surface area (Å²) in [5, 5.41) is 14.4. The van der Waals surface area contributed by atoms with Crippen molar-refractivity contribution in [2.45, 2.75) is 37.5 Å². The molecule has 0 radical (unpaired) electrons. The van der Waals surface area contributed by atoms with Crippen LogP contribution in [0.2, 0.25) is 0 Å². The number of hydrogen-bond acceptors (Lipinski definition) is 6. The van der Waals surface area contributed by atoms with Gasteiger partial charge in [0.2, 0.25) is 5.91 Å². The quantitative estimate of drug-likeness (QED) is 0.447. The maximum absolute atomic E-state index is 12.8. The van der Waals surface area contributed by atoms with Crippen LogP contribution in [0.15, 0.2) is 48.5 Å². The smallest absolute Gasteiger partial charge is 0.407 e. The van der Waals surface area contributed by atoms with Gasteiger partial charge in [0.25, 0.3) is 0 Å². The standard InChI is InChI=1S/C25H30N2O6S/c1-15(32-2)22(23(28)26-21(24(29)30)12-13-34-3)27-25(31)33-14-20-18-10-6-4-8-16(18)17-9-5-7-11-19(17)20/h4-11,15,20-22H,12-14H2,1-3H3,(H,26,28)(H,27,31)(H,29,30)/t15-,21-,22+/m1/s1. The number of amides is 2. The van der Waals surface area contributed by atoms with E-state index in [4.69, 9.17) is 9.47 Å². The number of nitrogens with one attached hydrogen (secondary N) is 2. The molecule has 0 bridgehead atoms. The molecule has 3 rings (SSSR count). The van der Waals surface area contributed by atoms with E-state index in [9.17, 15) is 19.5 Å². The van der Waals surface area contributed by atoms with E-state index in [2.05, 4.69) is 10.6 Å². The monoisotopic (exact) mass is 486 g/mol. The van der Waals surface area contributed by atoms with Crippen LogP contribution in [0.5, 0.6) is 0 Å². The third kappa shape index (κ3) is 5.90. The topological polar surface area (TPSA) is 114 Å². The molecule has 3 atom stereocenters. The number of carboxylic acid groups (broad SMARTS) is 1. The van der Waals surface area contributed by atoms with E-state index >= 15 is 0 Å². The highest BCUT2D eigenvalue weighted by Crippen LogP contribution is 2.44. The molecule has 2 aromatic rings. The van der Waals surface area contributed by atoms with Crippen LogP contribution in [0.1, 0.15) is 30.4 Å². The second-order valence-electron chi connectivity index (χ2n) is 8.07. The minimum absolute atomic E-state index is 0.0983. The molecule has 8 nitrogen and oxygen atoms in total. The lowest BCUT2D eigenvalue weighted by molar-refractivity contribution is -0.142. The first-order valence-corrected chi connectivity index (χ1v) is 12.4. The Morgan fingerprint density at radius 1 is 1.03 bits per heavy atom. The lowest BCUT2D eigenvalue weighted by atomic mass is 9.98. The third-order valence-electron chi connectivity index (χ3n) is 5.97. The molecule has 0 saturated heterocycles. The van der Waals surface area contributed by atoms with Crippen molar-refractivity contribution < 1.29 is 29.0 Å². The molecule has 34 heavy (non-hydrogen) atoms. The van der Waals surface area contributed by atoms with E-state index in [0.717, 1.165) is 22.3 Å². The van der Waals surface area contributed by atoms with Gasteiger partial charge in [-0.25, -0.2) is 9.59 Å². The summed E-state index contributed by atoms with van der Waals surface area (Å²) in [6, 6.07) is 13.8. The highest BCUT2D eigenvalue weighted by molar-refractivity contribution is 7.98. The summed E-state index contributed by atoms with van der Waals surface area (Å²) in [5.41, 5.74) is 4.38. The van der Waals surface area contributed by atoms with Crippen LogP contribution in [0.3, 0.4) is 0 Å². The van der Waals surface area contributed by atoms with Crippen LogP contribution in [0.4, 0.5) is 4.79 Å². The van der Waals surface area contributed by atoms with Gasteiger partial charge in [0.15, 0.2) is 0 Å². The summed E-state index contributed by atoms with van der Waals surface area (Å²) in [6.45, 7) is 1.71. The van der Waals surface area contributed by atoms with Crippen molar-refractivity contribution in [1.82, 2.24) is 10.6 Å². The first-order valence-electron chi connectivity index (χ1n) is 11.0. The van der Waals surface area contributed by atoms with Gasteiger partial charge in [-0.2, -0.15) is 11.8 Å². The predicted octanol–water partition coefficient (Wildman–Crippen LogP) is 3.25. The highest BCUT2D eigenvalue weighted by Gasteiger charge is 2.32. The van der Waals surface area contributed by atoms with Crippen LogP contribution in [-0.2, 0) is 19.1 Å². The molecule has 2 aromatic carbocycles. The summed E-state index contributed by atoms with van der Waals surface area (Å²) in [4.78, 5) is 37.0. The molecule has 2 amide bonds. The van der Waals surface area contributed by atoms with Crippen molar-refractivity contribution in [2.75, 3.05) is 25.7 Å². The van der Waals surface area contributed by atoms with Crippen molar-refractivity contribution in [1.29, 1.82) is 0 Å². The number of methoxy groups -OCH3 is 1. The number of carboxylic acids is 1. The Balaban J connectivity index is 1.66. The van der Waals surface area contributed by atoms with Gasteiger partial charge in [-0.3, -0.25) is 4.79 Å². The number of hydrogen-bond donors (Lipinski definition) is 3. The van der Waals surface area contributed by atoms with Crippen LogP contribution < -0.4 is 10.6 Å². The number of fused-ring (bicyclic) bond motifs is 3. The van der Waals surface area contributed by atoms with Crippen molar-refractivity contribution in [3.05, 3.63) is 59.7 Å². The Labute approximate surface area is 203 Å². The molecule has 0 fully saturated rings. The number of rotatable bonds is 11. The number of benzene rings is 2. The number of alkyl carbamates (subject to hydrolysis) is 1. The summed E-state index contributed by atoms with van der Waals surface area (Å²) in [5.74, 6) is -1.32. The fourth-order valence-electron chi connectivity index (χ4n) is 4.05. The van der Waals surface area contributed by atoms with Gasteiger partial charge in [0, 0.05) is 13.0 Å². The number of thioether (sulfide) groups is 1. The van der Waals surface area contributed by atoms with E-state index in [1.54, 1.807) is 6.92 Å². The van der Waals surface area contributed by atoms with Gasteiger partial charge >= 0.3 is 12.1 Å². The SMILES string of the molecule is CO[C@H](C)[C@H](NC(=O)OCC1c2ccccc2-c2ccccc21)C(=O)N[C@H](CCSC)C(=O)O. The van der Waals surface area contributed by atoms with E-state index in [1.807, 2.05) is 54.8 Å². The van der Waals surface area contributed by atoms with Gasteiger partial charge in [0.1, 0.15) is 18.7 Å². The number of carbonyl (C=O) groups excluding carboxylic acids is 2. The molecule has 0 unspecified atom stereocenters. The second-order valence-corrected chi connectivity index (χ2v) is 9.05. The van der Waals surface area contributed by atoms with E-state index in [-0.39, 0.29) is 18.9 Å². The Morgan fingerprint density at radius 3 is 2.15 bits per heavy atom. The van der Waals surface area contributed by atoms with E-state index < -0.39 is 36.2 Å². The minimum atomic E-state index is -1.13. The fraction of sp³-hybridized carbons (Fsp3) is 0.400. The average molecular weight is 487 g/mol. The number of carbonyl (C=O) groups is 3. The molecule has 1 aliphatic carbocycles. The molecule has 1 aliphatic rings. The Bertz CT molecular complexity index is 984. The molecular formula is C25H30N2O6S. The zero-order chi connectivity index (χ0) is 24.7. The zero-order valence-corrected chi connectivity index (χ0v) is 20.3. The van der Waals surface area contributed by atoms with Gasteiger partial charge < -0.3 is 25.2 Å². The van der Waals surface area contributed by atoms with E-state index in [0.29, 0.717) is 5.75 Å². The summed E-state index contributed by atoms with van der Waals surface area (Å²) in [7, 11) is 1.41. The number of aliphatic carboxylic acids is 1. The maximum Gasteiger partial charge on any atom is 0.407 e. The molecule has 0 saturated carbocycles. The Kier molecular flexibility index (Phi) is 8.95. The third-order valence-corrected chi connectivity index (χ3v) is 6.61. The van der Waals surface area contributed by atoms with Crippen molar-refractivity contribution in [2.24, 2.45) is 0 Å². The Morgan fingerprint density at radius 2 is 1.62 bits per heavy atom. The lowest BCUT2D eigenvalue weighted by Gasteiger charge is -2.25. The molecule has 182 valence electrons. The normalized spacial score (nSPS) is 14.9. The summed E-state index contributed by atoms with van der Waals surface area (Å²) >= 11 is 1.48. The average Bonchev–Trinajstić information content (AvgIpc) is 3.16. The van der Waals surface area contributed by atoms with Crippen LogP contribution in [-0.4, -0.2) is 67.0 Å². The molecule has 0 heterocycles. The molecule has 0 aromatic heterocycles. The first kappa shape index (κ1) is 25.6. The van der Waals surface area contributed by atoms with Crippen LogP contribution >= 0.6 is 11.8 Å².